The van der Waals surface area contributed by atoms with Gasteiger partial charge in [-0.2, -0.15) is 0 Å². The maximum atomic E-state index is 9.55. The number of hydrogen-bond donors (Lipinski definition) is 1. The molecule has 0 saturated carbocycles. The zero-order valence-electron chi connectivity index (χ0n) is 9.27. The van der Waals surface area contributed by atoms with Crippen molar-refractivity contribution in [2.24, 2.45) is 0 Å². The number of aromatic hydroxyl groups is 1. The molecule has 1 saturated heterocycles. The Hall–Kier alpha value is -1.26. The number of ether oxygens (including phenoxy) is 1. The van der Waals surface area contributed by atoms with Gasteiger partial charge < -0.3 is 9.84 Å². The van der Waals surface area contributed by atoms with E-state index in [0.717, 1.165) is 37.4 Å². The molecule has 1 aliphatic heterocycles. The first-order chi connectivity index (χ1) is 8.25. The van der Waals surface area contributed by atoms with E-state index in [1.165, 1.54) is 0 Å². The lowest BCUT2D eigenvalue weighted by Gasteiger charge is -2.20. The molecule has 90 valence electrons. The van der Waals surface area contributed by atoms with E-state index in [2.05, 4.69) is 4.98 Å². The van der Waals surface area contributed by atoms with Crippen LogP contribution >= 0.6 is 11.6 Å². The highest BCUT2D eigenvalue weighted by atomic mass is 35.5. The third-order valence-electron chi connectivity index (χ3n) is 3.19. The number of hydrogen-bond acceptors (Lipinski definition) is 3. The van der Waals surface area contributed by atoms with E-state index in [1.807, 2.05) is 4.40 Å². The summed E-state index contributed by atoms with van der Waals surface area (Å²) >= 11 is 6.10. The van der Waals surface area contributed by atoms with Crippen LogP contribution in [0.15, 0.2) is 18.3 Å². The van der Waals surface area contributed by atoms with Crippen molar-refractivity contribution in [3.63, 3.8) is 0 Å². The zero-order valence-corrected chi connectivity index (χ0v) is 10.0. The smallest absolute Gasteiger partial charge is 0.155 e. The number of aromatic nitrogens is 2. The first kappa shape index (κ1) is 10.9. The fourth-order valence-electron chi connectivity index (χ4n) is 2.30. The minimum atomic E-state index is 0.222. The maximum Gasteiger partial charge on any atom is 0.155 e. The molecule has 3 heterocycles. The van der Waals surface area contributed by atoms with E-state index in [1.54, 1.807) is 18.3 Å². The monoisotopic (exact) mass is 252 g/mol. The van der Waals surface area contributed by atoms with Gasteiger partial charge in [0.15, 0.2) is 5.15 Å². The SMILES string of the molecule is Oc1ccc2c(Cl)nc(C3CCOCC3)n2c1. The minimum Gasteiger partial charge on any atom is -0.506 e. The number of fused-ring (bicyclic) bond motifs is 1. The summed E-state index contributed by atoms with van der Waals surface area (Å²) < 4.78 is 7.23. The molecule has 1 N–H and O–H groups in total. The number of pyridine rings is 1. The lowest BCUT2D eigenvalue weighted by molar-refractivity contribution is 0.0835. The molecule has 3 rings (SSSR count). The topological polar surface area (TPSA) is 46.8 Å². The van der Waals surface area contributed by atoms with E-state index in [-0.39, 0.29) is 5.75 Å². The standard InChI is InChI=1S/C12H13ClN2O2/c13-11-10-2-1-9(16)7-15(10)12(14-11)8-3-5-17-6-4-8/h1-2,7-8,16H,3-6H2. The van der Waals surface area contributed by atoms with Gasteiger partial charge in [-0.1, -0.05) is 11.6 Å². The Bertz CT molecular complexity index is 547. The number of nitrogens with zero attached hydrogens (tertiary/aromatic N) is 2. The number of imidazole rings is 1. The summed E-state index contributed by atoms with van der Waals surface area (Å²) in [6, 6.07) is 3.41. The fraction of sp³-hybridized carbons (Fsp3) is 0.417. The Kier molecular flexibility index (Phi) is 2.68. The molecule has 2 aromatic heterocycles. The first-order valence-electron chi connectivity index (χ1n) is 5.70. The van der Waals surface area contributed by atoms with Crippen LogP contribution in [0.2, 0.25) is 5.15 Å². The number of rotatable bonds is 1. The molecule has 4 nitrogen and oxygen atoms in total. The van der Waals surface area contributed by atoms with Crippen LogP contribution in [0, 0.1) is 0 Å². The van der Waals surface area contributed by atoms with Gasteiger partial charge in [0.25, 0.3) is 0 Å². The van der Waals surface area contributed by atoms with E-state index in [4.69, 9.17) is 16.3 Å². The van der Waals surface area contributed by atoms with E-state index < -0.39 is 0 Å². The largest absolute Gasteiger partial charge is 0.506 e. The lowest BCUT2D eigenvalue weighted by atomic mass is 10.00. The van der Waals surface area contributed by atoms with Crippen LogP contribution in [-0.2, 0) is 4.74 Å². The Labute approximate surface area is 104 Å². The van der Waals surface area contributed by atoms with Crippen molar-refractivity contribution in [3.05, 3.63) is 29.3 Å². The van der Waals surface area contributed by atoms with Gasteiger partial charge >= 0.3 is 0 Å². The van der Waals surface area contributed by atoms with Crippen molar-refractivity contribution in [1.29, 1.82) is 0 Å². The van der Waals surface area contributed by atoms with Crippen molar-refractivity contribution in [2.45, 2.75) is 18.8 Å². The van der Waals surface area contributed by atoms with Crippen LogP contribution in [0.5, 0.6) is 5.75 Å². The second-order valence-corrected chi connectivity index (χ2v) is 4.65. The summed E-state index contributed by atoms with van der Waals surface area (Å²) in [4.78, 5) is 4.42. The molecule has 1 fully saturated rings. The normalized spacial score (nSPS) is 17.7. The molecule has 0 aliphatic carbocycles. The second-order valence-electron chi connectivity index (χ2n) is 4.29. The summed E-state index contributed by atoms with van der Waals surface area (Å²) in [5.74, 6) is 1.50. The Morgan fingerprint density at radius 2 is 2.12 bits per heavy atom. The molecule has 0 bridgehead atoms. The summed E-state index contributed by atoms with van der Waals surface area (Å²) in [6.07, 6.45) is 3.56. The summed E-state index contributed by atoms with van der Waals surface area (Å²) in [5.41, 5.74) is 0.839. The Morgan fingerprint density at radius 3 is 2.88 bits per heavy atom. The summed E-state index contributed by atoms with van der Waals surface area (Å²) in [6.45, 7) is 1.52. The van der Waals surface area contributed by atoms with Crippen molar-refractivity contribution < 1.29 is 9.84 Å². The van der Waals surface area contributed by atoms with Crippen LogP contribution in [0.25, 0.3) is 5.52 Å². The highest BCUT2D eigenvalue weighted by molar-refractivity contribution is 6.32. The molecule has 0 radical (unpaired) electrons. The van der Waals surface area contributed by atoms with Gasteiger partial charge in [-0.3, -0.25) is 4.40 Å². The van der Waals surface area contributed by atoms with Crippen molar-refractivity contribution in [3.8, 4) is 5.75 Å². The third-order valence-corrected chi connectivity index (χ3v) is 3.47. The average molecular weight is 253 g/mol. The fourth-order valence-corrected chi connectivity index (χ4v) is 2.54. The average Bonchev–Trinajstić information content (AvgIpc) is 2.67. The van der Waals surface area contributed by atoms with Gasteiger partial charge in [-0.05, 0) is 25.0 Å². The molecule has 0 atom stereocenters. The van der Waals surface area contributed by atoms with Crippen molar-refractivity contribution in [2.75, 3.05) is 13.2 Å². The summed E-state index contributed by atoms with van der Waals surface area (Å²) in [7, 11) is 0. The van der Waals surface area contributed by atoms with Crippen LogP contribution in [0.4, 0.5) is 0 Å². The molecular weight excluding hydrogens is 240 g/mol. The van der Waals surface area contributed by atoms with Crippen molar-refractivity contribution >= 4 is 17.1 Å². The van der Waals surface area contributed by atoms with E-state index in [0.29, 0.717) is 11.1 Å². The predicted octanol–water partition coefficient (Wildman–Crippen LogP) is 2.59. The Balaban J connectivity index is 2.11. The van der Waals surface area contributed by atoms with Crippen LogP contribution < -0.4 is 0 Å². The van der Waals surface area contributed by atoms with Crippen LogP contribution in [0.3, 0.4) is 0 Å². The predicted molar refractivity (Wildman–Crippen MR) is 64.7 cm³/mol. The first-order valence-corrected chi connectivity index (χ1v) is 6.08. The molecular formula is C12H13ClN2O2. The van der Waals surface area contributed by atoms with Crippen molar-refractivity contribution in [1.82, 2.24) is 9.38 Å². The molecule has 2 aromatic rings. The van der Waals surface area contributed by atoms with E-state index in [9.17, 15) is 5.11 Å². The van der Waals surface area contributed by atoms with Gasteiger partial charge in [0.2, 0.25) is 0 Å². The number of halogens is 1. The van der Waals surface area contributed by atoms with Gasteiger partial charge in [-0.25, -0.2) is 4.98 Å². The lowest BCUT2D eigenvalue weighted by Crippen LogP contribution is -2.16. The molecule has 0 amide bonds. The van der Waals surface area contributed by atoms with Gasteiger partial charge in [0, 0.05) is 19.1 Å². The molecule has 0 unspecified atom stereocenters. The second kappa shape index (κ2) is 4.20. The van der Waals surface area contributed by atoms with Crippen LogP contribution in [-0.4, -0.2) is 27.7 Å². The molecule has 1 aliphatic rings. The molecule has 5 heteroatoms. The highest BCUT2D eigenvalue weighted by Gasteiger charge is 2.22. The van der Waals surface area contributed by atoms with Gasteiger partial charge in [0.1, 0.15) is 11.6 Å². The van der Waals surface area contributed by atoms with Gasteiger partial charge in [-0.15, -0.1) is 0 Å². The highest BCUT2D eigenvalue weighted by Crippen LogP contribution is 2.30. The minimum absolute atomic E-state index is 0.222. The van der Waals surface area contributed by atoms with Gasteiger partial charge in [0.05, 0.1) is 11.7 Å². The van der Waals surface area contributed by atoms with E-state index >= 15 is 0 Å². The molecule has 0 spiro atoms. The van der Waals surface area contributed by atoms with Crippen LogP contribution in [0.1, 0.15) is 24.6 Å². The maximum absolute atomic E-state index is 9.55. The molecule has 0 aromatic carbocycles. The quantitative estimate of drug-likeness (QED) is 0.849. The zero-order chi connectivity index (χ0) is 11.8. The summed E-state index contributed by atoms with van der Waals surface area (Å²) in [5, 5.41) is 10.0. The Morgan fingerprint density at radius 1 is 1.35 bits per heavy atom. The molecule has 17 heavy (non-hydrogen) atoms. The third kappa shape index (κ3) is 1.87.